The lowest BCUT2D eigenvalue weighted by Gasteiger charge is -2.20. The van der Waals surface area contributed by atoms with E-state index in [0.29, 0.717) is 22.3 Å². The number of imidazole rings is 1. The molecule has 1 aliphatic heterocycles. The molecule has 0 aliphatic carbocycles. The summed E-state index contributed by atoms with van der Waals surface area (Å²) in [6.45, 7) is 4.41. The largest absolute Gasteiger partial charge is 0.478 e. The van der Waals surface area contributed by atoms with Gasteiger partial charge in [-0.05, 0) is 31.5 Å². The maximum absolute atomic E-state index is 14.8. The highest BCUT2D eigenvalue weighted by Gasteiger charge is 2.24. The summed E-state index contributed by atoms with van der Waals surface area (Å²) in [6, 6.07) is 3.45. The summed E-state index contributed by atoms with van der Waals surface area (Å²) in [5, 5.41) is 3.02. The maximum Gasteiger partial charge on any atom is 0.262 e. The lowest BCUT2D eigenvalue weighted by atomic mass is 10.1. The fourth-order valence-corrected chi connectivity index (χ4v) is 2.99. The second-order valence-corrected chi connectivity index (χ2v) is 5.66. The van der Waals surface area contributed by atoms with Crippen molar-refractivity contribution in [2.45, 2.75) is 20.4 Å². The molecule has 2 aromatic heterocycles. The Labute approximate surface area is 137 Å². The van der Waals surface area contributed by atoms with Crippen LogP contribution in [0, 0.1) is 12.7 Å². The minimum atomic E-state index is -0.502. The van der Waals surface area contributed by atoms with Crippen LogP contribution in [0.25, 0.3) is 22.4 Å². The molecule has 3 aromatic rings. The van der Waals surface area contributed by atoms with Crippen LogP contribution < -0.4 is 10.1 Å². The highest BCUT2D eigenvalue weighted by molar-refractivity contribution is 6.00. The summed E-state index contributed by atoms with van der Waals surface area (Å²) in [5.41, 5.74) is 2.16. The predicted molar refractivity (Wildman–Crippen MR) is 87.5 cm³/mol. The maximum atomic E-state index is 14.8. The number of nitrogens with zero attached hydrogens (tertiary/aromatic N) is 3. The molecule has 6 nitrogen and oxygen atoms in total. The molecule has 3 heterocycles. The average Bonchev–Trinajstić information content (AvgIpc) is 3.02. The number of fused-ring (bicyclic) bond motifs is 2. The van der Waals surface area contributed by atoms with Gasteiger partial charge in [0, 0.05) is 24.3 Å². The third-order valence-corrected chi connectivity index (χ3v) is 4.10. The Balaban J connectivity index is 1.97. The van der Waals surface area contributed by atoms with Crippen LogP contribution in [0.5, 0.6) is 5.75 Å². The van der Waals surface area contributed by atoms with E-state index in [0.717, 1.165) is 17.9 Å². The van der Waals surface area contributed by atoms with Gasteiger partial charge >= 0.3 is 0 Å². The highest BCUT2D eigenvalue weighted by Crippen LogP contribution is 2.38. The Morgan fingerprint density at radius 2 is 2.25 bits per heavy atom. The first-order valence-electron chi connectivity index (χ1n) is 7.66. The molecule has 1 aliphatic rings. The molecule has 1 aromatic carbocycles. The van der Waals surface area contributed by atoms with Gasteiger partial charge in [-0.1, -0.05) is 0 Å². The predicted octanol–water partition coefficient (Wildman–Crippen LogP) is 2.90. The van der Waals surface area contributed by atoms with Crippen LogP contribution in [0.1, 0.15) is 12.5 Å². The Kier molecular flexibility index (Phi) is 3.23. The average molecular weight is 326 g/mol. The third kappa shape index (κ3) is 2.12. The zero-order valence-electron chi connectivity index (χ0n) is 13.3. The van der Waals surface area contributed by atoms with Crippen molar-refractivity contribution in [1.29, 1.82) is 0 Å². The molecule has 0 fully saturated rings. The fourth-order valence-electron chi connectivity index (χ4n) is 2.99. The van der Waals surface area contributed by atoms with Crippen molar-refractivity contribution < 1.29 is 13.9 Å². The standard InChI is InChI=1S/C17H15FN4O2/c1-3-22-5-4-19-17(22)12-6-9(2)14-10(20-12)7-11-16(15(14)18)24-8-13(23)21-11/h4-7H,3,8H2,1-2H3,(H,21,23). The van der Waals surface area contributed by atoms with E-state index in [1.165, 1.54) is 0 Å². The molecule has 0 unspecified atom stereocenters. The molecule has 7 heteroatoms. The molecule has 122 valence electrons. The number of aromatic nitrogens is 3. The van der Waals surface area contributed by atoms with Gasteiger partial charge in [0.2, 0.25) is 0 Å². The summed E-state index contributed by atoms with van der Waals surface area (Å²) in [4.78, 5) is 20.4. The van der Waals surface area contributed by atoms with Crippen molar-refractivity contribution in [3.05, 3.63) is 35.9 Å². The van der Waals surface area contributed by atoms with Crippen LogP contribution in [0.4, 0.5) is 10.1 Å². The van der Waals surface area contributed by atoms with E-state index in [-0.39, 0.29) is 18.3 Å². The second-order valence-electron chi connectivity index (χ2n) is 5.66. The van der Waals surface area contributed by atoms with Crippen molar-refractivity contribution in [1.82, 2.24) is 14.5 Å². The van der Waals surface area contributed by atoms with Gasteiger partial charge in [0.1, 0.15) is 5.69 Å². The number of anilines is 1. The second kappa shape index (κ2) is 5.30. The quantitative estimate of drug-likeness (QED) is 0.786. The van der Waals surface area contributed by atoms with Gasteiger partial charge in [-0.25, -0.2) is 14.4 Å². The van der Waals surface area contributed by atoms with E-state index < -0.39 is 5.82 Å². The number of hydrogen-bond acceptors (Lipinski definition) is 4. The smallest absolute Gasteiger partial charge is 0.262 e. The molecule has 4 rings (SSSR count). The Hall–Kier alpha value is -2.96. The zero-order valence-corrected chi connectivity index (χ0v) is 13.3. The number of benzene rings is 1. The van der Waals surface area contributed by atoms with E-state index >= 15 is 0 Å². The minimum absolute atomic E-state index is 0.0646. The van der Waals surface area contributed by atoms with Crippen molar-refractivity contribution in [2.24, 2.45) is 0 Å². The summed E-state index contributed by atoms with van der Waals surface area (Å²) in [6.07, 6.45) is 3.58. The van der Waals surface area contributed by atoms with E-state index in [9.17, 15) is 9.18 Å². The zero-order chi connectivity index (χ0) is 16.8. The van der Waals surface area contributed by atoms with Gasteiger partial charge in [0.25, 0.3) is 5.91 Å². The SMILES string of the molecule is CCn1ccnc1-c1cc(C)c2c(F)c3c(cc2n1)NC(=O)CO3. The van der Waals surface area contributed by atoms with Crippen molar-refractivity contribution in [3.63, 3.8) is 0 Å². The number of pyridine rings is 1. The summed E-state index contributed by atoms with van der Waals surface area (Å²) >= 11 is 0. The van der Waals surface area contributed by atoms with Crippen molar-refractivity contribution in [2.75, 3.05) is 11.9 Å². The Morgan fingerprint density at radius 1 is 1.42 bits per heavy atom. The molecular weight excluding hydrogens is 311 g/mol. The number of hydrogen-bond donors (Lipinski definition) is 1. The van der Waals surface area contributed by atoms with E-state index in [1.54, 1.807) is 12.3 Å². The summed E-state index contributed by atoms with van der Waals surface area (Å²) < 4.78 is 22.0. The van der Waals surface area contributed by atoms with Crippen LogP contribution in [0.3, 0.4) is 0 Å². The number of carbonyl (C=O) groups is 1. The van der Waals surface area contributed by atoms with E-state index in [4.69, 9.17) is 4.74 Å². The lowest BCUT2D eigenvalue weighted by Crippen LogP contribution is -2.26. The van der Waals surface area contributed by atoms with Crippen LogP contribution >= 0.6 is 0 Å². The Morgan fingerprint density at radius 3 is 3.04 bits per heavy atom. The van der Waals surface area contributed by atoms with Crippen LogP contribution in [0.15, 0.2) is 24.5 Å². The normalized spacial score (nSPS) is 13.5. The first kappa shape index (κ1) is 14.6. The molecule has 0 saturated carbocycles. The fraction of sp³-hybridized carbons (Fsp3) is 0.235. The summed E-state index contributed by atoms with van der Waals surface area (Å²) in [7, 11) is 0. The van der Waals surface area contributed by atoms with Gasteiger partial charge in [0.15, 0.2) is 24.0 Å². The van der Waals surface area contributed by atoms with E-state index in [1.807, 2.05) is 30.7 Å². The molecule has 1 N–H and O–H groups in total. The first-order chi connectivity index (χ1) is 11.6. The molecule has 0 saturated heterocycles. The molecule has 0 spiro atoms. The number of halogens is 1. The Bertz CT molecular complexity index is 980. The van der Waals surface area contributed by atoms with Crippen LogP contribution in [-0.4, -0.2) is 27.0 Å². The number of nitrogens with one attached hydrogen (secondary N) is 1. The number of rotatable bonds is 2. The molecular formula is C17H15FN4O2. The number of ether oxygens (including phenoxy) is 1. The van der Waals surface area contributed by atoms with Crippen LogP contribution in [-0.2, 0) is 11.3 Å². The third-order valence-electron chi connectivity index (χ3n) is 4.10. The number of aryl methyl sites for hydroxylation is 2. The summed E-state index contributed by atoms with van der Waals surface area (Å²) in [5.74, 6) is -0.0238. The van der Waals surface area contributed by atoms with Crippen molar-refractivity contribution >= 4 is 22.5 Å². The molecule has 0 bridgehead atoms. The topological polar surface area (TPSA) is 69.0 Å². The van der Waals surface area contributed by atoms with Gasteiger partial charge in [-0.3, -0.25) is 4.79 Å². The molecule has 24 heavy (non-hydrogen) atoms. The van der Waals surface area contributed by atoms with E-state index in [2.05, 4.69) is 15.3 Å². The first-order valence-corrected chi connectivity index (χ1v) is 7.66. The molecule has 1 amide bonds. The molecule has 0 atom stereocenters. The van der Waals surface area contributed by atoms with Gasteiger partial charge in [0.05, 0.1) is 11.2 Å². The number of amides is 1. The molecule has 0 radical (unpaired) electrons. The van der Waals surface area contributed by atoms with Gasteiger partial charge in [-0.15, -0.1) is 0 Å². The van der Waals surface area contributed by atoms with Crippen LogP contribution in [0.2, 0.25) is 0 Å². The monoisotopic (exact) mass is 326 g/mol. The van der Waals surface area contributed by atoms with Crippen molar-refractivity contribution in [3.8, 4) is 17.3 Å². The van der Waals surface area contributed by atoms with Gasteiger partial charge < -0.3 is 14.6 Å². The minimum Gasteiger partial charge on any atom is -0.478 e. The lowest BCUT2D eigenvalue weighted by molar-refractivity contribution is -0.118. The number of carbonyl (C=O) groups excluding carboxylic acids is 1. The highest BCUT2D eigenvalue weighted by atomic mass is 19.1. The van der Waals surface area contributed by atoms with Gasteiger partial charge in [-0.2, -0.15) is 0 Å².